The topological polar surface area (TPSA) is 74.2 Å². The van der Waals surface area contributed by atoms with Gasteiger partial charge in [0.1, 0.15) is 6.61 Å². The van der Waals surface area contributed by atoms with E-state index in [2.05, 4.69) is 26.1 Å². The number of nitrogens with zero attached hydrogens (tertiary/aromatic N) is 2. The lowest BCUT2D eigenvalue weighted by molar-refractivity contribution is 0.304. The first-order valence-electron chi connectivity index (χ1n) is 7.45. The standard InChI is InChI=1S/C17H14BrCl2N3O2/c18-12-7-10(5-6-15-22-23-17(21)25-15)8-14(20)16(12)24-9-11-3-1-2-4-13(11)19/h1-4,7-8H,5-6,9H2,(H2,21,23). The maximum atomic E-state index is 6.37. The fraction of sp³-hybridized carbons (Fsp3) is 0.176. The Labute approximate surface area is 163 Å². The summed E-state index contributed by atoms with van der Waals surface area (Å²) in [7, 11) is 0. The van der Waals surface area contributed by atoms with Crippen LogP contribution in [0.3, 0.4) is 0 Å². The van der Waals surface area contributed by atoms with E-state index in [1.807, 2.05) is 36.4 Å². The van der Waals surface area contributed by atoms with Crippen LogP contribution in [0.2, 0.25) is 10.0 Å². The van der Waals surface area contributed by atoms with E-state index in [4.69, 9.17) is 38.1 Å². The molecule has 0 saturated carbocycles. The van der Waals surface area contributed by atoms with Gasteiger partial charge in [0.15, 0.2) is 5.75 Å². The largest absolute Gasteiger partial charge is 0.486 e. The van der Waals surface area contributed by atoms with Gasteiger partial charge in [0.05, 0.1) is 9.50 Å². The van der Waals surface area contributed by atoms with Gasteiger partial charge in [-0.25, -0.2) is 0 Å². The first-order chi connectivity index (χ1) is 12.0. The van der Waals surface area contributed by atoms with Crippen molar-refractivity contribution in [3.63, 3.8) is 0 Å². The fourth-order valence-electron chi connectivity index (χ4n) is 2.28. The molecular formula is C17H14BrCl2N3O2. The summed E-state index contributed by atoms with van der Waals surface area (Å²) in [5.41, 5.74) is 7.32. The maximum Gasteiger partial charge on any atom is 0.312 e. The SMILES string of the molecule is Nc1nnc(CCc2cc(Cl)c(OCc3ccccc3Cl)c(Br)c2)o1. The average molecular weight is 443 g/mol. The number of rotatable bonds is 6. The minimum absolute atomic E-state index is 0.0672. The summed E-state index contributed by atoms with van der Waals surface area (Å²) in [6.07, 6.45) is 1.26. The molecule has 3 aromatic rings. The number of ether oxygens (including phenoxy) is 1. The Morgan fingerprint density at radius 2 is 1.88 bits per heavy atom. The van der Waals surface area contributed by atoms with Gasteiger partial charge in [-0.15, -0.1) is 5.10 Å². The molecule has 8 heteroatoms. The molecule has 0 radical (unpaired) electrons. The molecular weight excluding hydrogens is 429 g/mol. The Balaban J connectivity index is 1.68. The predicted octanol–water partition coefficient (Wildman–Crippen LogP) is 5.09. The Kier molecular flexibility index (Phi) is 5.83. The van der Waals surface area contributed by atoms with Crippen molar-refractivity contribution >= 4 is 45.1 Å². The van der Waals surface area contributed by atoms with Crippen LogP contribution in [0.1, 0.15) is 17.0 Å². The monoisotopic (exact) mass is 441 g/mol. The molecule has 0 aliphatic carbocycles. The van der Waals surface area contributed by atoms with Crippen molar-refractivity contribution in [2.24, 2.45) is 0 Å². The smallest absolute Gasteiger partial charge is 0.312 e. The second-order valence-corrected chi connectivity index (χ2v) is 6.97. The Morgan fingerprint density at radius 1 is 1.08 bits per heavy atom. The quantitative estimate of drug-likeness (QED) is 0.575. The third-order valence-corrected chi connectivity index (χ3v) is 4.74. The van der Waals surface area contributed by atoms with E-state index >= 15 is 0 Å². The minimum atomic E-state index is 0.0672. The van der Waals surface area contributed by atoms with Gasteiger partial charge in [0.25, 0.3) is 0 Å². The van der Waals surface area contributed by atoms with Gasteiger partial charge in [0.2, 0.25) is 5.89 Å². The molecule has 0 atom stereocenters. The summed E-state index contributed by atoms with van der Waals surface area (Å²) in [5, 5.41) is 8.65. The van der Waals surface area contributed by atoms with Crippen LogP contribution in [0.4, 0.5) is 6.01 Å². The molecule has 3 rings (SSSR count). The number of benzene rings is 2. The predicted molar refractivity (Wildman–Crippen MR) is 101 cm³/mol. The minimum Gasteiger partial charge on any atom is -0.486 e. The van der Waals surface area contributed by atoms with Crippen molar-refractivity contribution in [3.05, 3.63) is 67.9 Å². The molecule has 1 aromatic heterocycles. The number of aromatic nitrogens is 2. The Morgan fingerprint density at radius 3 is 2.56 bits per heavy atom. The van der Waals surface area contributed by atoms with Gasteiger partial charge < -0.3 is 14.9 Å². The van der Waals surface area contributed by atoms with E-state index in [0.717, 1.165) is 15.6 Å². The summed E-state index contributed by atoms with van der Waals surface area (Å²) in [6.45, 7) is 0.332. The van der Waals surface area contributed by atoms with E-state index in [1.54, 1.807) is 0 Å². The lowest BCUT2D eigenvalue weighted by Crippen LogP contribution is -1.99. The first-order valence-corrected chi connectivity index (χ1v) is 9.00. The summed E-state index contributed by atoms with van der Waals surface area (Å²) in [6, 6.07) is 11.4. The lowest BCUT2D eigenvalue weighted by Gasteiger charge is -2.12. The molecule has 2 N–H and O–H groups in total. The molecule has 0 saturated heterocycles. The second kappa shape index (κ2) is 8.08. The summed E-state index contributed by atoms with van der Waals surface area (Å²) < 4.78 is 11.8. The number of nitrogens with two attached hydrogens (primary N) is 1. The van der Waals surface area contributed by atoms with Crippen LogP contribution in [0, 0.1) is 0 Å². The number of aryl methyl sites for hydroxylation is 2. The Hall–Kier alpha value is -1.76. The van der Waals surface area contributed by atoms with Crippen LogP contribution in [0.25, 0.3) is 0 Å². The fourth-order valence-corrected chi connectivity index (χ4v) is 3.50. The van der Waals surface area contributed by atoms with Gasteiger partial charge in [0, 0.05) is 17.0 Å². The molecule has 1 heterocycles. The van der Waals surface area contributed by atoms with Crippen molar-refractivity contribution in [2.75, 3.05) is 5.73 Å². The zero-order chi connectivity index (χ0) is 17.8. The van der Waals surface area contributed by atoms with Crippen molar-refractivity contribution in [1.29, 1.82) is 0 Å². The molecule has 0 bridgehead atoms. The van der Waals surface area contributed by atoms with Crippen LogP contribution in [-0.4, -0.2) is 10.2 Å². The van der Waals surface area contributed by atoms with Crippen molar-refractivity contribution < 1.29 is 9.15 Å². The first kappa shape index (κ1) is 18.0. The molecule has 5 nitrogen and oxygen atoms in total. The van der Waals surface area contributed by atoms with E-state index in [0.29, 0.717) is 41.1 Å². The van der Waals surface area contributed by atoms with Gasteiger partial charge in [-0.3, -0.25) is 0 Å². The summed E-state index contributed by atoms with van der Waals surface area (Å²) in [5.74, 6) is 1.07. The van der Waals surface area contributed by atoms with E-state index < -0.39 is 0 Å². The van der Waals surface area contributed by atoms with Crippen LogP contribution < -0.4 is 10.5 Å². The normalized spacial score (nSPS) is 10.8. The van der Waals surface area contributed by atoms with Gasteiger partial charge in [-0.05, 0) is 46.1 Å². The molecule has 0 fully saturated rings. The highest BCUT2D eigenvalue weighted by Gasteiger charge is 2.12. The highest BCUT2D eigenvalue weighted by Crippen LogP contribution is 2.35. The number of halogens is 3. The molecule has 0 amide bonds. The molecule has 2 aromatic carbocycles. The number of nitrogen functional groups attached to an aromatic ring is 1. The van der Waals surface area contributed by atoms with Crippen molar-refractivity contribution in [1.82, 2.24) is 10.2 Å². The molecule has 0 unspecified atom stereocenters. The van der Waals surface area contributed by atoms with Crippen LogP contribution >= 0.6 is 39.1 Å². The van der Waals surface area contributed by atoms with Gasteiger partial charge >= 0.3 is 6.01 Å². The van der Waals surface area contributed by atoms with Gasteiger partial charge in [-0.1, -0.05) is 46.5 Å². The third-order valence-electron chi connectivity index (χ3n) is 3.50. The lowest BCUT2D eigenvalue weighted by atomic mass is 10.1. The number of hydrogen-bond donors (Lipinski definition) is 1. The zero-order valence-electron chi connectivity index (χ0n) is 13.0. The van der Waals surface area contributed by atoms with Crippen molar-refractivity contribution in [2.45, 2.75) is 19.4 Å². The molecule has 0 aliphatic heterocycles. The summed E-state index contributed by atoms with van der Waals surface area (Å²) >= 11 is 16.0. The molecule has 130 valence electrons. The van der Waals surface area contributed by atoms with Crippen LogP contribution in [0.15, 0.2) is 45.3 Å². The third kappa shape index (κ3) is 4.66. The van der Waals surface area contributed by atoms with Gasteiger partial charge in [-0.2, -0.15) is 0 Å². The maximum absolute atomic E-state index is 6.37. The highest BCUT2D eigenvalue weighted by molar-refractivity contribution is 9.10. The zero-order valence-corrected chi connectivity index (χ0v) is 16.1. The van der Waals surface area contributed by atoms with E-state index in [1.165, 1.54) is 0 Å². The number of hydrogen-bond acceptors (Lipinski definition) is 5. The van der Waals surface area contributed by atoms with Crippen LogP contribution in [0.5, 0.6) is 5.75 Å². The van der Waals surface area contributed by atoms with Crippen molar-refractivity contribution in [3.8, 4) is 5.75 Å². The molecule has 0 spiro atoms. The van der Waals surface area contributed by atoms with E-state index in [-0.39, 0.29) is 6.01 Å². The average Bonchev–Trinajstić information content (AvgIpc) is 2.99. The summed E-state index contributed by atoms with van der Waals surface area (Å²) in [4.78, 5) is 0. The Bertz CT molecular complexity index is 863. The number of anilines is 1. The molecule has 25 heavy (non-hydrogen) atoms. The molecule has 0 aliphatic rings. The van der Waals surface area contributed by atoms with E-state index in [9.17, 15) is 0 Å². The van der Waals surface area contributed by atoms with Crippen LogP contribution in [-0.2, 0) is 19.4 Å². The highest BCUT2D eigenvalue weighted by atomic mass is 79.9. The second-order valence-electron chi connectivity index (χ2n) is 5.30.